The first kappa shape index (κ1) is 9.18. The van der Waals surface area contributed by atoms with Gasteiger partial charge in [-0.3, -0.25) is 0 Å². The molecule has 0 radical (unpaired) electrons. The lowest BCUT2D eigenvalue weighted by molar-refractivity contribution is 0.303. The second-order valence-electron chi connectivity index (χ2n) is 3.73. The molecule has 0 spiro atoms. The van der Waals surface area contributed by atoms with Crippen LogP contribution in [-0.4, -0.2) is 16.0 Å². The average molecular weight is 196 g/mol. The largest absolute Gasteiger partial charge is 0.392 e. The van der Waals surface area contributed by atoms with E-state index in [-0.39, 0.29) is 5.69 Å². The van der Waals surface area contributed by atoms with Gasteiger partial charge in [0.2, 0.25) is 5.95 Å². The quantitative estimate of drug-likeness (QED) is 0.702. The van der Waals surface area contributed by atoms with E-state index >= 15 is 0 Å². The molecule has 2 atom stereocenters. The number of hydrogen-bond donors (Lipinski definition) is 2. The van der Waals surface area contributed by atoms with Crippen LogP contribution in [0.5, 0.6) is 0 Å². The van der Waals surface area contributed by atoms with Crippen molar-refractivity contribution in [2.45, 2.75) is 25.8 Å². The van der Waals surface area contributed by atoms with Crippen LogP contribution >= 0.6 is 0 Å². The molecule has 3 N–H and O–H groups in total. The van der Waals surface area contributed by atoms with Gasteiger partial charge in [0.1, 0.15) is 12.0 Å². The molecule has 76 valence electrons. The molecule has 1 saturated carbocycles. The van der Waals surface area contributed by atoms with Crippen LogP contribution in [0, 0.1) is 11.9 Å². The smallest absolute Gasteiger partial charge is 0.241 e. The topological polar surface area (TPSA) is 63.8 Å². The maximum absolute atomic E-state index is 12.9. The average Bonchev–Trinajstić information content (AvgIpc) is 2.18. The Morgan fingerprint density at radius 1 is 1.50 bits per heavy atom. The summed E-state index contributed by atoms with van der Waals surface area (Å²) in [5.41, 5.74) is 5.50. The molecule has 1 aromatic rings. The van der Waals surface area contributed by atoms with Gasteiger partial charge in [-0.25, -0.2) is 9.97 Å². The number of nitrogens with zero attached hydrogens (tertiary/aromatic N) is 2. The lowest BCUT2D eigenvalue weighted by atomic mass is 9.81. The molecule has 0 aliphatic heterocycles. The van der Waals surface area contributed by atoms with Crippen molar-refractivity contribution in [1.29, 1.82) is 0 Å². The van der Waals surface area contributed by atoms with Gasteiger partial charge in [0.05, 0.1) is 0 Å². The Bertz CT molecular complexity index is 342. The highest BCUT2D eigenvalue weighted by Gasteiger charge is 2.27. The molecule has 0 bridgehead atoms. The molecule has 0 aromatic carbocycles. The van der Waals surface area contributed by atoms with Gasteiger partial charge < -0.3 is 11.1 Å². The summed E-state index contributed by atoms with van der Waals surface area (Å²) < 4.78 is 12.9. The van der Waals surface area contributed by atoms with Gasteiger partial charge in [-0.1, -0.05) is 6.92 Å². The minimum atomic E-state index is -0.658. The van der Waals surface area contributed by atoms with Crippen LogP contribution in [-0.2, 0) is 0 Å². The fourth-order valence-electron chi connectivity index (χ4n) is 1.55. The lowest BCUT2D eigenvalue weighted by Crippen LogP contribution is -2.36. The molecular weight excluding hydrogens is 183 g/mol. The highest BCUT2D eigenvalue weighted by Crippen LogP contribution is 2.30. The van der Waals surface area contributed by atoms with E-state index in [0.717, 1.165) is 6.42 Å². The number of aromatic nitrogens is 2. The van der Waals surface area contributed by atoms with Crippen molar-refractivity contribution < 1.29 is 4.39 Å². The molecule has 0 saturated heterocycles. The third kappa shape index (κ3) is 1.49. The SMILES string of the molecule is CC1CCC1Nc1ncnc(F)c1N. The van der Waals surface area contributed by atoms with Gasteiger partial charge in [0.25, 0.3) is 0 Å². The second-order valence-corrected chi connectivity index (χ2v) is 3.73. The number of nitrogen functional groups attached to an aromatic ring is 1. The lowest BCUT2D eigenvalue weighted by Gasteiger charge is -2.34. The highest BCUT2D eigenvalue weighted by molar-refractivity contribution is 5.60. The Balaban J connectivity index is 2.12. The fourth-order valence-corrected chi connectivity index (χ4v) is 1.55. The van der Waals surface area contributed by atoms with Gasteiger partial charge >= 0.3 is 0 Å². The predicted octanol–water partition coefficient (Wildman–Crippen LogP) is 1.41. The van der Waals surface area contributed by atoms with E-state index in [1.54, 1.807) is 0 Å². The Morgan fingerprint density at radius 3 is 2.86 bits per heavy atom. The normalized spacial score (nSPS) is 25.6. The Morgan fingerprint density at radius 2 is 2.29 bits per heavy atom. The zero-order chi connectivity index (χ0) is 10.1. The van der Waals surface area contributed by atoms with E-state index in [1.165, 1.54) is 12.7 Å². The summed E-state index contributed by atoms with van der Waals surface area (Å²) in [5, 5.41) is 3.12. The molecule has 4 nitrogen and oxygen atoms in total. The predicted molar refractivity (Wildman–Crippen MR) is 52.2 cm³/mol. The van der Waals surface area contributed by atoms with E-state index in [2.05, 4.69) is 22.2 Å². The molecular formula is C9H13FN4. The zero-order valence-corrected chi connectivity index (χ0v) is 8.00. The molecule has 1 heterocycles. The van der Waals surface area contributed by atoms with E-state index in [9.17, 15) is 4.39 Å². The summed E-state index contributed by atoms with van der Waals surface area (Å²) in [6, 6.07) is 0.367. The molecule has 0 amide bonds. The van der Waals surface area contributed by atoms with Crippen molar-refractivity contribution >= 4 is 11.5 Å². The van der Waals surface area contributed by atoms with Crippen LogP contribution in [0.2, 0.25) is 0 Å². The van der Waals surface area contributed by atoms with Crippen LogP contribution < -0.4 is 11.1 Å². The third-order valence-corrected chi connectivity index (χ3v) is 2.78. The summed E-state index contributed by atoms with van der Waals surface area (Å²) in [5.74, 6) is 0.357. The number of anilines is 2. The minimum Gasteiger partial charge on any atom is -0.392 e. The van der Waals surface area contributed by atoms with Crippen molar-refractivity contribution in [3.63, 3.8) is 0 Å². The van der Waals surface area contributed by atoms with Gasteiger partial charge in [0.15, 0.2) is 5.82 Å². The first-order valence-electron chi connectivity index (χ1n) is 4.71. The Hall–Kier alpha value is -1.39. The van der Waals surface area contributed by atoms with Crippen LogP contribution in [0.4, 0.5) is 15.9 Å². The molecule has 1 aliphatic rings. The number of rotatable bonds is 2. The number of nitrogens with one attached hydrogen (secondary N) is 1. The monoisotopic (exact) mass is 196 g/mol. The molecule has 14 heavy (non-hydrogen) atoms. The maximum atomic E-state index is 12.9. The highest BCUT2D eigenvalue weighted by atomic mass is 19.1. The fraction of sp³-hybridized carbons (Fsp3) is 0.556. The van der Waals surface area contributed by atoms with Crippen molar-refractivity contribution in [3.8, 4) is 0 Å². The maximum Gasteiger partial charge on any atom is 0.241 e. The van der Waals surface area contributed by atoms with E-state index < -0.39 is 5.95 Å². The third-order valence-electron chi connectivity index (χ3n) is 2.78. The van der Waals surface area contributed by atoms with E-state index in [0.29, 0.717) is 17.8 Å². The summed E-state index contributed by atoms with van der Waals surface area (Å²) >= 11 is 0. The van der Waals surface area contributed by atoms with Crippen LogP contribution in [0.25, 0.3) is 0 Å². The summed E-state index contributed by atoms with van der Waals surface area (Å²) in [4.78, 5) is 7.27. The molecule has 1 fully saturated rings. The molecule has 1 aliphatic carbocycles. The van der Waals surface area contributed by atoms with Crippen molar-refractivity contribution in [2.75, 3.05) is 11.1 Å². The van der Waals surface area contributed by atoms with Gasteiger partial charge in [0, 0.05) is 6.04 Å². The first-order chi connectivity index (χ1) is 6.68. The van der Waals surface area contributed by atoms with Crippen LogP contribution in [0.1, 0.15) is 19.8 Å². The van der Waals surface area contributed by atoms with Crippen LogP contribution in [0.3, 0.4) is 0 Å². The zero-order valence-electron chi connectivity index (χ0n) is 8.00. The standard InChI is InChI=1S/C9H13FN4/c1-5-2-3-6(5)14-9-7(11)8(10)12-4-13-9/h4-6H,2-3,11H2,1H3,(H,12,13,14). The Kier molecular flexibility index (Phi) is 2.23. The number of nitrogens with two attached hydrogens (primary N) is 1. The van der Waals surface area contributed by atoms with Crippen LogP contribution in [0.15, 0.2) is 6.33 Å². The van der Waals surface area contributed by atoms with Crippen molar-refractivity contribution in [1.82, 2.24) is 9.97 Å². The summed E-state index contributed by atoms with van der Waals surface area (Å²) in [6.45, 7) is 2.15. The second kappa shape index (κ2) is 3.40. The number of halogens is 1. The molecule has 2 rings (SSSR count). The summed E-state index contributed by atoms with van der Waals surface area (Å²) in [6.07, 6.45) is 3.47. The minimum absolute atomic E-state index is 0.00611. The number of hydrogen-bond acceptors (Lipinski definition) is 4. The van der Waals surface area contributed by atoms with E-state index in [4.69, 9.17) is 5.73 Å². The van der Waals surface area contributed by atoms with Crippen molar-refractivity contribution in [2.24, 2.45) is 5.92 Å². The molecule has 1 aromatic heterocycles. The van der Waals surface area contributed by atoms with Crippen molar-refractivity contribution in [3.05, 3.63) is 12.3 Å². The first-order valence-corrected chi connectivity index (χ1v) is 4.71. The Labute approximate surface area is 81.7 Å². The van der Waals surface area contributed by atoms with Gasteiger partial charge in [-0.15, -0.1) is 0 Å². The molecule has 5 heteroatoms. The molecule has 2 unspecified atom stereocenters. The van der Waals surface area contributed by atoms with E-state index in [1.807, 2.05) is 0 Å². The summed E-state index contributed by atoms with van der Waals surface area (Å²) in [7, 11) is 0. The van der Waals surface area contributed by atoms with Gasteiger partial charge in [-0.2, -0.15) is 4.39 Å². The van der Waals surface area contributed by atoms with Gasteiger partial charge in [-0.05, 0) is 18.8 Å².